The highest BCUT2D eigenvalue weighted by Gasteiger charge is 2.14. The molecule has 1 heterocycles. The van der Waals surface area contributed by atoms with Crippen LogP contribution in [0.2, 0.25) is 0 Å². The molecule has 0 saturated heterocycles. The molecule has 94 valence electrons. The van der Waals surface area contributed by atoms with Crippen LogP contribution in [0.1, 0.15) is 23.0 Å². The number of anilines is 1. The molecule has 1 aromatic heterocycles. The lowest BCUT2D eigenvalue weighted by Gasteiger charge is -2.21. The van der Waals surface area contributed by atoms with Gasteiger partial charge < -0.3 is 15.3 Å². The van der Waals surface area contributed by atoms with Gasteiger partial charge in [-0.2, -0.15) is 0 Å². The molecular formula is C11H16N2O3S. The summed E-state index contributed by atoms with van der Waals surface area (Å²) in [7, 11) is 1.59. The molecule has 0 spiro atoms. The lowest BCUT2D eigenvalue weighted by Crippen LogP contribution is -2.35. The monoisotopic (exact) mass is 256 g/mol. The Hall–Kier alpha value is -1.56. The normalized spacial score (nSPS) is 10.0. The highest BCUT2D eigenvalue weighted by molar-refractivity contribution is 7.17. The Morgan fingerprint density at radius 2 is 2.18 bits per heavy atom. The van der Waals surface area contributed by atoms with Crippen molar-refractivity contribution in [2.24, 2.45) is 0 Å². The lowest BCUT2D eigenvalue weighted by molar-refractivity contribution is -0.119. The van der Waals surface area contributed by atoms with Crippen LogP contribution in [-0.4, -0.2) is 37.1 Å². The number of rotatable bonds is 6. The summed E-state index contributed by atoms with van der Waals surface area (Å²) in [5, 5.41) is 12.2. The van der Waals surface area contributed by atoms with Crippen LogP contribution in [0.4, 0.5) is 5.00 Å². The van der Waals surface area contributed by atoms with E-state index in [1.807, 2.05) is 11.8 Å². The number of carboxylic acid groups (broad SMARTS) is 1. The summed E-state index contributed by atoms with van der Waals surface area (Å²) in [5.41, 5.74) is 0. The van der Waals surface area contributed by atoms with Crippen LogP contribution in [0.15, 0.2) is 12.1 Å². The number of nitrogens with one attached hydrogen (secondary N) is 1. The molecule has 0 aliphatic carbocycles. The fraction of sp³-hybridized carbons (Fsp3) is 0.455. The summed E-state index contributed by atoms with van der Waals surface area (Å²) in [6.45, 7) is 3.00. The molecule has 0 aliphatic rings. The minimum atomic E-state index is -0.933. The topological polar surface area (TPSA) is 69.6 Å². The quantitative estimate of drug-likeness (QED) is 0.807. The Kier molecular flexibility index (Phi) is 4.96. The van der Waals surface area contributed by atoms with Crippen LogP contribution in [0.5, 0.6) is 0 Å². The van der Waals surface area contributed by atoms with Gasteiger partial charge in [-0.1, -0.05) is 6.92 Å². The van der Waals surface area contributed by atoms with Crippen molar-refractivity contribution in [3.63, 3.8) is 0 Å². The number of carboxylic acids is 1. The zero-order valence-corrected chi connectivity index (χ0v) is 10.7. The SMILES string of the molecule is CCCN(CC(=O)NC)c1ccc(C(=O)O)s1. The third-order valence-corrected chi connectivity index (χ3v) is 3.36. The van der Waals surface area contributed by atoms with Crippen LogP contribution >= 0.6 is 11.3 Å². The summed E-state index contributed by atoms with van der Waals surface area (Å²) in [6.07, 6.45) is 0.900. The molecule has 5 nitrogen and oxygen atoms in total. The summed E-state index contributed by atoms with van der Waals surface area (Å²) in [6, 6.07) is 3.31. The van der Waals surface area contributed by atoms with Crippen molar-refractivity contribution in [2.75, 3.05) is 25.0 Å². The van der Waals surface area contributed by atoms with E-state index >= 15 is 0 Å². The molecule has 0 radical (unpaired) electrons. The van der Waals surface area contributed by atoms with Gasteiger partial charge in [0, 0.05) is 13.6 Å². The zero-order valence-electron chi connectivity index (χ0n) is 9.90. The lowest BCUT2D eigenvalue weighted by atomic mass is 10.4. The molecule has 17 heavy (non-hydrogen) atoms. The Morgan fingerprint density at radius 3 is 2.65 bits per heavy atom. The van der Waals surface area contributed by atoms with Crippen LogP contribution < -0.4 is 10.2 Å². The maximum atomic E-state index is 11.3. The number of hydrogen-bond donors (Lipinski definition) is 2. The number of carbonyl (C=O) groups excluding carboxylic acids is 1. The van der Waals surface area contributed by atoms with Crippen molar-refractivity contribution in [1.82, 2.24) is 5.32 Å². The number of likely N-dealkylation sites (N-methyl/N-ethyl adjacent to an activating group) is 1. The van der Waals surface area contributed by atoms with E-state index in [0.29, 0.717) is 0 Å². The molecule has 0 atom stereocenters. The number of amides is 1. The third kappa shape index (κ3) is 3.74. The van der Waals surface area contributed by atoms with Crippen molar-refractivity contribution in [3.8, 4) is 0 Å². The molecular weight excluding hydrogens is 240 g/mol. The molecule has 2 N–H and O–H groups in total. The summed E-state index contributed by atoms with van der Waals surface area (Å²) < 4.78 is 0. The molecule has 0 aromatic carbocycles. The number of carbonyl (C=O) groups is 2. The predicted octanol–water partition coefficient (Wildman–Crippen LogP) is 1.41. The van der Waals surface area contributed by atoms with Gasteiger partial charge in [-0.15, -0.1) is 11.3 Å². The van der Waals surface area contributed by atoms with Gasteiger partial charge in [0.05, 0.1) is 11.5 Å². The van der Waals surface area contributed by atoms with Crippen molar-refractivity contribution < 1.29 is 14.7 Å². The minimum absolute atomic E-state index is 0.0799. The average molecular weight is 256 g/mol. The van der Waals surface area contributed by atoms with Gasteiger partial charge in [0.25, 0.3) is 0 Å². The summed E-state index contributed by atoms with van der Waals surface area (Å²) in [4.78, 5) is 24.3. The molecule has 1 rings (SSSR count). The predicted molar refractivity (Wildman–Crippen MR) is 67.8 cm³/mol. The van der Waals surface area contributed by atoms with Crippen LogP contribution in [0.3, 0.4) is 0 Å². The fourth-order valence-corrected chi connectivity index (χ4v) is 2.27. The molecule has 1 amide bonds. The van der Waals surface area contributed by atoms with Gasteiger partial charge in [0.1, 0.15) is 4.88 Å². The van der Waals surface area contributed by atoms with Crippen molar-refractivity contribution in [3.05, 3.63) is 17.0 Å². The molecule has 0 bridgehead atoms. The van der Waals surface area contributed by atoms with Gasteiger partial charge in [0.2, 0.25) is 5.91 Å². The second-order valence-electron chi connectivity index (χ2n) is 3.54. The maximum Gasteiger partial charge on any atom is 0.345 e. The molecule has 0 saturated carbocycles. The first-order valence-corrected chi connectivity index (χ1v) is 6.18. The van der Waals surface area contributed by atoms with Gasteiger partial charge in [-0.3, -0.25) is 4.79 Å². The smallest absolute Gasteiger partial charge is 0.345 e. The van der Waals surface area contributed by atoms with E-state index in [9.17, 15) is 9.59 Å². The van der Waals surface area contributed by atoms with E-state index in [1.54, 1.807) is 19.2 Å². The Morgan fingerprint density at radius 1 is 1.47 bits per heavy atom. The van der Waals surface area contributed by atoms with Gasteiger partial charge in [-0.25, -0.2) is 4.79 Å². The molecule has 1 aromatic rings. The molecule has 0 fully saturated rings. The van der Waals surface area contributed by atoms with Gasteiger partial charge in [0.15, 0.2) is 0 Å². The average Bonchev–Trinajstić information content (AvgIpc) is 2.77. The van der Waals surface area contributed by atoms with Gasteiger partial charge >= 0.3 is 5.97 Å². The van der Waals surface area contributed by atoms with E-state index < -0.39 is 5.97 Å². The zero-order chi connectivity index (χ0) is 12.8. The second kappa shape index (κ2) is 6.24. The van der Waals surface area contributed by atoms with E-state index in [4.69, 9.17) is 5.11 Å². The first-order valence-electron chi connectivity index (χ1n) is 5.37. The van der Waals surface area contributed by atoms with E-state index in [2.05, 4.69) is 5.32 Å². The maximum absolute atomic E-state index is 11.3. The first-order chi connectivity index (χ1) is 8.08. The van der Waals surface area contributed by atoms with Crippen molar-refractivity contribution in [2.45, 2.75) is 13.3 Å². The van der Waals surface area contributed by atoms with Gasteiger partial charge in [-0.05, 0) is 18.6 Å². The van der Waals surface area contributed by atoms with Crippen molar-refractivity contribution >= 4 is 28.2 Å². The highest BCUT2D eigenvalue weighted by atomic mass is 32.1. The molecule has 0 aliphatic heterocycles. The number of nitrogens with zero attached hydrogens (tertiary/aromatic N) is 1. The second-order valence-corrected chi connectivity index (χ2v) is 4.60. The Balaban J connectivity index is 2.81. The Bertz CT molecular complexity index is 403. The summed E-state index contributed by atoms with van der Waals surface area (Å²) >= 11 is 1.19. The number of aromatic carboxylic acids is 1. The third-order valence-electron chi connectivity index (χ3n) is 2.22. The fourth-order valence-electron chi connectivity index (χ4n) is 1.40. The molecule has 6 heteroatoms. The van der Waals surface area contributed by atoms with Crippen LogP contribution in [-0.2, 0) is 4.79 Å². The summed E-state index contributed by atoms with van der Waals surface area (Å²) in [5.74, 6) is -1.01. The minimum Gasteiger partial charge on any atom is -0.477 e. The Labute approximate surface area is 104 Å². The number of thiophene rings is 1. The van der Waals surface area contributed by atoms with Crippen LogP contribution in [0.25, 0.3) is 0 Å². The van der Waals surface area contributed by atoms with E-state index in [0.717, 1.165) is 18.0 Å². The standard InChI is InChI=1S/C11H16N2O3S/c1-3-6-13(7-9(14)12-2)10-5-4-8(17-10)11(15)16/h4-5H,3,6-7H2,1-2H3,(H,12,14)(H,15,16). The van der Waals surface area contributed by atoms with E-state index in [-0.39, 0.29) is 17.3 Å². The first kappa shape index (κ1) is 13.5. The molecule has 0 unspecified atom stereocenters. The largest absolute Gasteiger partial charge is 0.477 e. The number of hydrogen-bond acceptors (Lipinski definition) is 4. The van der Waals surface area contributed by atoms with Crippen LogP contribution in [0, 0.1) is 0 Å². The van der Waals surface area contributed by atoms with Crippen molar-refractivity contribution in [1.29, 1.82) is 0 Å². The highest BCUT2D eigenvalue weighted by Crippen LogP contribution is 2.26. The van der Waals surface area contributed by atoms with E-state index in [1.165, 1.54) is 11.3 Å².